The van der Waals surface area contributed by atoms with Crippen molar-refractivity contribution in [1.29, 1.82) is 0 Å². The summed E-state index contributed by atoms with van der Waals surface area (Å²) in [6.07, 6.45) is 3.39. The molecule has 0 saturated heterocycles. The molecule has 0 unspecified atom stereocenters. The van der Waals surface area contributed by atoms with E-state index in [0.717, 1.165) is 12.8 Å². The number of hydrogen-bond acceptors (Lipinski definition) is 1. The highest BCUT2D eigenvalue weighted by Gasteiger charge is 2.38. The molecule has 1 amide bonds. The molecule has 0 aliphatic heterocycles. The van der Waals surface area contributed by atoms with Gasteiger partial charge in [-0.3, -0.25) is 4.79 Å². The van der Waals surface area contributed by atoms with Gasteiger partial charge in [-0.05, 0) is 30.5 Å². The van der Waals surface area contributed by atoms with Gasteiger partial charge in [-0.15, -0.1) is 0 Å². The SMILES string of the molecule is O=C(NCC1(c2ccccc2)CCC1)c1cccc(Cl)c1Cl. The third-order valence-electron chi connectivity index (χ3n) is 4.48. The molecule has 2 nitrogen and oxygen atoms in total. The molecule has 0 heterocycles. The highest BCUT2D eigenvalue weighted by atomic mass is 35.5. The van der Waals surface area contributed by atoms with Crippen LogP contribution in [0.15, 0.2) is 48.5 Å². The number of amides is 1. The number of rotatable bonds is 4. The van der Waals surface area contributed by atoms with Crippen molar-refractivity contribution in [3.63, 3.8) is 0 Å². The smallest absolute Gasteiger partial charge is 0.252 e. The Morgan fingerprint density at radius 2 is 1.77 bits per heavy atom. The van der Waals surface area contributed by atoms with Gasteiger partial charge in [0.15, 0.2) is 0 Å². The van der Waals surface area contributed by atoms with Crippen LogP contribution in [0.2, 0.25) is 10.0 Å². The molecule has 1 fully saturated rings. The van der Waals surface area contributed by atoms with Crippen LogP contribution in [0.4, 0.5) is 0 Å². The quantitative estimate of drug-likeness (QED) is 0.851. The minimum atomic E-state index is -0.172. The Morgan fingerprint density at radius 1 is 1.05 bits per heavy atom. The van der Waals surface area contributed by atoms with Gasteiger partial charge >= 0.3 is 0 Å². The molecular formula is C18H17Cl2NO. The lowest BCUT2D eigenvalue weighted by molar-refractivity contribution is 0.0928. The van der Waals surface area contributed by atoms with E-state index in [0.29, 0.717) is 22.2 Å². The molecule has 0 radical (unpaired) electrons. The second kappa shape index (κ2) is 6.31. The maximum atomic E-state index is 12.4. The predicted molar refractivity (Wildman–Crippen MR) is 90.8 cm³/mol. The molecule has 2 aromatic carbocycles. The van der Waals surface area contributed by atoms with Crippen LogP contribution in [0.5, 0.6) is 0 Å². The Bertz CT molecular complexity index is 681. The van der Waals surface area contributed by atoms with E-state index in [-0.39, 0.29) is 11.3 Å². The standard InChI is InChI=1S/C18H17Cl2NO/c19-15-9-4-8-14(16(15)20)17(22)21-12-18(10-5-11-18)13-6-2-1-3-7-13/h1-4,6-9H,5,10-12H2,(H,21,22). The first-order chi connectivity index (χ1) is 10.6. The van der Waals surface area contributed by atoms with Crippen molar-refractivity contribution in [2.45, 2.75) is 24.7 Å². The zero-order valence-electron chi connectivity index (χ0n) is 12.1. The molecule has 22 heavy (non-hydrogen) atoms. The average molecular weight is 334 g/mol. The summed E-state index contributed by atoms with van der Waals surface area (Å²) in [4.78, 5) is 12.4. The summed E-state index contributed by atoms with van der Waals surface area (Å²) in [5.41, 5.74) is 1.78. The van der Waals surface area contributed by atoms with E-state index in [1.54, 1.807) is 18.2 Å². The van der Waals surface area contributed by atoms with Crippen LogP contribution in [0.1, 0.15) is 35.2 Å². The van der Waals surface area contributed by atoms with Gasteiger partial charge in [0.25, 0.3) is 5.91 Å². The Balaban J connectivity index is 1.74. The number of carbonyl (C=O) groups excluding carboxylic acids is 1. The predicted octanol–water partition coefficient (Wildman–Crippen LogP) is 4.85. The fraction of sp³-hybridized carbons (Fsp3) is 0.278. The summed E-state index contributed by atoms with van der Waals surface area (Å²) < 4.78 is 0. The van der Waals surface area contributed by atoms with Gasteiger partial charge in [-0.25, -0.2) is 0 Å². The molecule has 1 aliphatic carbocycles. The van der Waals surface area contributed by atoms with Crippen LogP contribution >= 0.6 is 23.2 Å². The highest BCUT2D eigenvalue weighted by Crippen LogP contribution is 2.43. The van der Waals surface area contributed by atoms with E-state index >= 15 is 0 Å². The molecule has 0 spiro atoms. The molecule has 3 rings (SSSR count). The van der Waals surface area contributed by atoms with Crippen LogP contribution < -0.4 is 5.32 Å². The first kappa shape index (κ1) is 15.4. The largest absolute Gasteiger partial charge is 0.351 e. The third kappa shape index (κ3) is 2.86. The Labute approximate surface area is 140 Å². The summed E-state index contributed by atoms with van der Waals surface area (Å²) in [5, 5.41) is 3.73. The summed E-state index contributed by atoms with van der Waals surface area (Å²) in [6.45, 7) is 0.624. The zero-order chi connectivity index (χ0) is 15.6. The van der Waals surface area contributed by atoms with E-state index < -0.39 is 0 Å². The van der Waals surface area contributed by atoms with Crippen molar-refractivity contribution in [3.8, 4) is 0 Å². The van der Waals surface area contributed by atoms with Crippen molar-refractivity contribution >= 4 is 29.1 Å². The first-order valence-corrected chi connectivity index (χ1v) is 8.16. The van der Waals surface area contributed by atoms with Gasteiger partial charge in [-0.1, -0.05) is 66.0 Å². The molecule has 0 aromatic heterocycles. The van der Waals surface area contributed by atoms with Gasteiger partial charge in [0.1, 0.15) is 0 Å². The summed E-state index contributed by atoms with van der Waals surface area (Å²) >= 11 is 12.1. The van der Waals surface area contributed by atoms with Gasteiger partial charge < -0.3 is 5.32 Å². The summed E-state index contributed by atoms with van der Waals surface area (Å²) in [6, 6.07) is 15.5. The Hall–Kier alpha value is -1.51. The lowest BCUT2D eigenvalue weighted by Crippen LogP contribution is -2.45. The van der Waals surface area contributed by atoms with Crippen molar-refractivity contribution < 1.29 is 4.79 Å². The maximum absolute atomic E-state index is 12.4. The molecule has 1 N–H and O–H groups in total. The third-order valence-corrected chi connectivity index (χ3v) is 5.30. The Morgan fingerprint density at radius 3 is 2.41 bits per heavy atom. The first-order valence-electron chi connectivity index (χ1n) is 7.40. The number of nitrogens with one attached hydrogen (secondary N) is 1. The van der Waals surface area contributed by atoms with Gasteiger partial charge in [-0.2, -0.15) is 0 Å². The van der Waals surface area contributed by atoms with E-state index in [2.05, 4.69) is 17.4 Å². The molecule has 1 saturated carbocycles. The highest BCUT2D eigenvalue weighted by molar-refractivity contribution is 6.43. The van der Waals surface area contributed by atoms with E-state index in [4.69, 9.17) is 23.2 Å². The van der Waals surface area contributed by atoms with Gasteiger partial charge in [0.05, 0.1) is 15.6 Å². The number of halogens is 2. The number of carbonyl (C=O) groups is 1. The second-order valence-corrected chi connectivity index (χ2v) is 6.57. The topological polar surface area (TPSA) is 29.1 Å². The van der Waals surface area contributed by atoms with Crippen molar-refractivity contribution in [2.75, 3.05) is 6.54 Å². The van der Waals surface area contributed by atoms with E-state index in [1.807, 2.05) is 18.2 Å². The van der Waals surface area contributed by atoms with Crippen molar-refractivity contribution in [3.05, 3.63) is 69.7 Å². The number of benzene rings is 2. The molecule has 114 valence electrons. The molecule has 0 bridgehead atoms. The lowest BCUT2D eigenvalue weighted by atomic mass is 9.64. The average Bonchev–Trinajstić information content (AvgIpc) is 2.50. The van der Waals surface area contributed by atoms with Crippen LogP contribution in [0.25, 0.3) is 0 Å². The van der Waals surface area contributed by atoms with Crippen molar-refractivity contribution in [1.82, 2.24) is 5.32 Å². The van der Waals surface area contributed by atoms with Crippen LogP contribution in [-0.2, 0) is 5.41 Å². The molecular weight excluding hydrogens is 317 g/mol. The van der Waals surface area contributed by atoms with E-state index in [1.165, 1.54) is 12.0 Å². The number of hydrogen-bond donors (Lipinski definition) is 1. The van der Waals surface area contributed by atoms with Crippen molar-refractivity contribution in [2.24, 2.45) is 0 Å². The fourth-order valence-electron chi connectivity index (χ4n) is 2.99. The lowest BCUT2D eigenvalue weighted by Gasteiger charge is -2.42. The van der Waals surface area contributed by atoms with Crippen LogP contribution in [0, 0.1) is 0 Å². The molecule has 4 heteroatoms. The monoisotopic (exact) mass is 333 g/mol. The van der Waals surface area contributed by atoms with Crippen LogP contribution in [0.3, 0.4) is 0 Å². The fourth-order valence-corrected chi connectivity index (χ4v) is 3.37. The van der Waals surface area contributed by atoms with Crippen LogP contribution in [-0.4, -0.2) is 12.5 Å². The van der Waals surface area contributed by atoms with Gasteiger partial charge in [0, 0.05) is 12.0 Å². The van der Waals surface area contributed by atoms with E-state index in [9.17, 15) is 4.79 Å². The summed E-state index contributed by atoms with van der Waals surface area (Å²) in [7, 11) is 0. The maximum Gasteiger partial charge on any atom is 0.252 e. The minimum Gasteiger partial charge on any atom is -0.351 e. The minimum absolute atomic E-state index is 0.0575. The second-order valence-electron chi connectivity index (χ2n) is 5.78. The zero-order valence-corrected chi connectivity index (χ0v) is 13.6. The molecule has 2 aromatic rings. The molecule has 1 aliphatic rings. The Kier molecular flexibility index (Phi) is 4.42. The summed E-state index contributed by atoms with van der Waals surface area (Å²) in [5.74, 6) is -0.172. The normalized spacial score (nSPS) is 15.9. The molecule has 0 atom stereocenters. The van der Waals surface area contributed by atoms with Gasteiger partial charge in [0.2, 0.25) is 0 Å².